The van der Waals surface area contributed by atoms with Gasteiger partial charge in [-0.2, -0.15) is 0 Å². The van der Waals surface area contributed by atoms with E-state index in [4.69, 9.17) is 5.73 Å². The maximum absolute atomic E-state index is 11.5. The minimum absolute atomic E-state index is 0. The number of hydrogen-bond acceptors (Lipinski definition) is 4. The van der Waals surface area contributed by atoms with Gasteiger partial charge in [-0.15, -0.1) is 13.1 Å². The summed E-state index contributed by atoms with van der Waals surface area (Å²) >= 11 is 0. The van der Waals surface area contributed by atoms with Crippen LogP contribution in [0.1, 0.15) is 10.4 Å². The number of nitrogens with one attached hydrogen (secondary N) is 1. The van der Waals surface area contributed by atoms with E-state index in [1.54, 1.807) is 6.33 Å². The van der Waals surface area contributed by atoms with Gasteiger partial charge in [-0.1, -0.05) is 48.5 Å². The van der Waals surface area contributed by atoms with E-state index in [0.29, 0.717) is 24.5 Å². The third-order valence-corrected chi connectivity index (χ3v) is 5.02. The summed E-state index contributed by atoms with van der Waals surface area (Å²) in [5, 5.41) is 5.96. The fourth-order valence-corrected chi connectivity index (χ4v) is 3.52. The number of carbonyl (C=O) groups is 1. The van der Waals surface area contributed by atoms with Gasteiger partial charge in [-0.3, -0.25) is 4.79 Å². The summed E-state index contributed by atoms with van der Waals surface area (Å²) in [5.41, 5.74) is 9.22. The standard InChI is InChI=1S/C13H12NO.C12H11N4.U/c1-2-14-13(15)12-8-7-10-5-3-4-6-11(10)9-12;1-2-16-7-14-10-11(16)8-5-3-4-6-9(8)15-12(10)13;/h3-9H,1-2H2,(H,14,15);3-7H,1-2H2,(H2,13,15);/q2*-1;+2. The van der Waals surface area contributed by atoms with Crippen molar-refractivity contribution >= 4 is 44.4 Å². The number of fused-ring (bicyclic) bond motifs is 4. The first-order valence-electron chi connectivity index (χ1n) is 9.97. The van der Waals surface area contributed by atoms with Crippen molar-refractivity contribution < 1.29 is 35.9 Å². The molecule has 0 radical (unpaired) electrons. The number of pyridine rings is 1. The molecular weight excluding hydrogens is 624 g/mol. The molecule has 0 unspecified atom stereocenters. The summed E-state index contributed by atoms with van der Waals surface area (Å²) < 4.78 is 1.98. The molecule has 0 aliphatic heterocycles. The normalized spacial score (nSPS) is 10.4. The van der Waals surface area contributed by atoms with Crippen LogP contribution in [-0.4, -0.2) is 27.0 Å². The third kappa shape index (κ3) is 4.80. The fourth-order valence-electron chi connectivity index (χ4n) is 3.52. The van der Waals surface area contributed by atoms with E-state index in [2.05, 4.69) is 29.1 Å². The summed E-state index contributed by atoms with van der Waals surface area (Å²) in [6, 6.07) is 21.5. The zero-order chi connectivity index (χ0) is 21.8. The van der Waals surface area contributed by atoms with Gasteiger partial charge in [0.2, 0.25) is 5.91 Å². The quantitative estimate of drug-likeness (QED) is 0.285. The van der Waals surface area contributed by atoms with E-state index in [1.165, 1.54) is 0 Å². The number of imidazole rings is 1. The third-order valence-electron chi connectivity index (χ3n) is 5.02. The number of carbonyl (C=O) groups excluding carboxylic acids is 1. The molecule has 0 saturated carbocycles. The summed E-state index contributed by atoms with van der Waals surface area (Å²) in [6.45, 7) is 8.50. The molecule has 0 aliphatic rings. The topological polar surface area (TPSA) is 85.8 Å². The first kappa shape index (κ1) is 23.8. The van der Waals surface area contributed by atoms with E-state index in [1.807, 2.05) is 71.3 Å². The van der Waals surface area contributed by atoms with Crippen LogP contribution in [0, 0.1) is 45.0 Å². The van der Waals surface area contributed by atoms with Gasteiger partial charge in [0.1, 0.15) is 5.52 Å². The first-order chi connectivity index (χ1) is 15.1. The molecule has 5 rings (SSSR count). The molecule has 0 aliphatic carbocycles. The Morgan fingerprint density at radius 2 is 1.72 bits per heavy atom. The van der Waals surface area contributed by atoms with Crippen molar-refractivity contribution in [1.82, 2.24) is 19.9 Å². The molecule has 3 aromatic carbocycles. The summed E-state index contributed by atoms with van der Waals surface area (Å²) in [6.07, 6.45) is 1.75. The number of hydrogen-bond donors (Lipinski definition) is 2. The van der Waals surface area contributed by atoms with Crippen LogP contribution < -0.4 is 11.1 Å². The monoisotopic (exact) mass is 647 g/mol. The van der Waals surface area contributed by atoms with Crippen LogP contribution in [0.15, 0.2) is 73.1 Å². The van der Waals surface area contributed by atoms with Crippen LogP contribution in [0.3, 0.4) is 0 Å². The number of nitrogens with zero attached hydrogens (tertiary/aromatic N) is 3. The number of para-hydroxylation sites is 1. The minimum atomic E-state index is -0.0734. The van der Waals surface area contributed by atoms with Crippen LogP contribution in [0.2, 0.25) is 0 Å². The number of rotatable bonds is 3. The molecule has 1 amide bonds. The maximum atomic E-state index is 11.5. The van der Waals surface area contributed by atoms with Gasteiger partial charge >= 0.3 is 31.1 Å². The predicted molar refractivity (Wildman–Crippen MR) is 126 cm³/mol. The molecule has 0 spiro atoms. The molecule has 2 aromatic heterocycles. The molecule has 5 aromatic rings. The van der Waals surface area contributed by atoms with Crippen molar-refractivity contribution in [3.05, 3.63) is 92.5 Å². The number of nitrogen functional groups attached to an aromatic ring is 1. The van der Waals surface area contributed by atoms with Crippen LogP contribution in [0.4, 0.5) is 5.82 Å². The van der Waals surface area contributed by atoms with Crippen molar-refractivity contribution in [3.63, 3.8) is 0 Å². The van der Waals surface area contributed by atoms with Crippen molar-refractivity contribution in [2.45, 2.75) is 6.54 Å². The average Bonchev–Trinajstić information content (AvgIpc) is 3.25. The van der Waals surface area contributed by atoms with E-state index >= 15 is 0 Å². The molecule has 7 heteroatoms. The number of benzene rings is 3. The average molecular weight is 648 g/mol. The van der Waals surface area contributed by atoms with Crippen LogP contribution in [0.25, 0.3) is 32.7 Å². The Kier molecular flexibility index (Phi) is 7.90. The minimum Gasteiger partial charge on any atom is -0.382 e. The van der Waals surface area contributed by atoms with Gasteiger partial charge in [0.25, 0.3) is 0 Å². The Morgan fingerprint density at radius 1 is 1.00 bits per heavy atom. The molecule has 2 heterocycles. The zero-order valence-corrected chi connectivity index (χ0v) is 21.7. The van der Waals surface area contributed by atoms with Gasteiger partial charge < -0.3 is 29.5 Å². The molecular formula is C25H23N5OU. The van der Waals surface area contributed by atoms with Gasteiger partial charge in [0, 0.05) is 10.9 Å². The Balaban J connectivity index is 0.000000176. The van der Waals surface area contributed by atoms with E-state index in [9.17, 15) is 4.79 Å². The summed E-state index contributed by atoms with van der Waals surface area (Å²) in [4.78, 5) is 20.1. The first-order valence-corrected chi connectivity index (χ1v) is 9.97. The van der Waals surface area contributed by atoms with E-state index in [-0.39, 0.29) is 37.0 Å². The van der Waals surface area contributed by atoms with Gasteiger partial charge in [0.05, 0.1) is 17.4 Å². The summed E-state index contributed by atoms with van der Waals surface area (Å²) in [7, 11) is 0. The van der Waals surface area contributed by atoms with Crippen molar-refractivity contribution in [1.29, 1.82) is 0 Å². The Bertz CT molecular complexity index is 1380. The van der Waals surface area contributed by atoms with Crippen LogP contribution in [-0.2, 0) is 6.54 Å². The second-order valence-electron chi connectivity index (χ2n) is 6.97. The van der Waals surface area contributed by atoms with E-state index in [0.717, 1.165) is 32.7 Å². The number of aromatic nitrogens is 3. The maximum Gasteiger partial charge on any atom is 2.00 e. The fraction of sp³-hybridized carbons (Fsp3) is 0.0800. The molecule has 158 valence electrons. The predicted octanol–water partition coefficient (Wildman–Crippen LogP) is 4.40. The number of nitrogens with two attached hydrogens (primary N) is 1. The van der Waals surface area contributed by atoms with Gasteiger partial charge in [-0.25, -0.2) is 9.97 Å². The molecule has 6 nitrogen and oxygen atoms in total. The molecule has 0 atom stereocenters. The van der Waals surface area contributed by atoms with Gasteiger partial charge in [-0.05, 0) is 29.0 Å². The SMILES string of the molecule is [CH2-]CNC(=O)c1ccc2ccccc2c1.[CH2-]Cn1cnc2c(N)nc3ccccc3c21.[U+2]. The largest absolute Gasteiger partial charge is 2.00 e. The Morgan fingerprint density at radius 3 is 2.47 bits per heavy atom. The second kappa shape index (κ2) is 10.6. The molecule has 3 N–H and O–H groups in total. The smallest absolute Gasteiger partial charge is 0.382 e. The Labute approximate surface area is 210 Å². The van der Waals surface area contributed by atoms with Crippen molar-refractivity contribution in [3.8, 4) is 0 Å². The molecule has 0 bridgehead atoms. The number of amides is 1. The molecule has 32 heavy (non-hydrogen) atoms. The molecule has 0 saturated heterocycles. The zero-order valence-electron chi connectivity index (χ0n) is 17.6. The van der Waals surface area contributed by atoms with Crippen molar-refractivity contribution in [2.24, 2.45) is 0 Å². The van der Waals surface area contributed by atoms with Crippen LogP contribution in [0.5, 0.6) is 0 Å². The van der Waals surface area contributed by atoms with Gasteiger partial charge in [0.15, 0.2) is 5.82 Å². The number of anilines is 1. The summed E-state index contributed by atoms with van der Waals surface area (Å²) in [5.74, 6) is 0.400. The van der Waals surface area contributed by atoms with Crippen molar-refractivity contribution in [2.75, 3.05) is 12.3 Å². The second-order valence-corrected chi connectivity index (χ2v) is 6.97. The van der Waals surface area contributed by atoms with Crippen LogP contribution >= 0.6 is 0 Å². The molecule has 0 fully saturated rings. The van der Waals surface area contributed by atoms with E-state index < -0.39 is 0 Å². The Hall–Kier alpha value is -2.88.